The van der Waals surface area contributed by atoms with Crippen molar-refractivity contribution in [2.45, 2.75) is 0 Å². The Hall–Kier alpha value is -6.76. The van der Waals surface area contributed by atoms with E-state index in [2.05, 4.69) is 159 Å². The van der Waals surface area contributed by atoms with Gasteiger partial charge in [-0.3, -0.25) is 19.9 Å². The molecule has 244 valence electrons. The third-order valence-corrected chi connectivity index (χ3v) is 10.8. The quantitative estimate of drug-likeness (QED) is 0.175. The maximum atomic E-state index is 4.89. The van der Waals surface area contributed by atoms with Crippen LogP contribution in [-0.2, 0) is 0 Å². The Labute approximate surface area is 304 Å². The average molecular weight is 684 g/mol. The van der Waals surface area contributed by atoms with Gasteiger partial charge >= 0.3 is 0 Å². The van der Waals surface area contributed by atoms with Crippen molar-refractivity contribution in [3.63, 3.8) is 0 Å². The maximum absolute atomic E-state index is 4.89. The summed E-state index contributed by atoms with van der Waals surface area (Å²) in [5, 5.41) is 3.59. The molecule has 5 nitrogen and oxygen atoms in total. The lowest BCUT2D eigenvalue weighted by Gasteiger charge is -2.26. The molecule has 0 aliphatic rings. The number of hydrogen-bond acceptors (Lipinski definition) is 6. The zero-order valence-electron chi connectivity index (χ0n) is 27.9. The number of rotatable bonds is 6. The smallest absolute Gasteiger partial charge is 0.0892 e. The zero-order valence-corrected chi connectivity index (χ0v) is 28.7. The molecule has 10 rings (SSSR count). The minimum absolute atomic E-state index is 0.883. The Bertz CT molecular complexity index is 2780. The molecule has 0 atom stereocenters. The SMILES string of the molecule is c1cnc2cc(-c3ccc(N(c4ccc(-c5ccc6nccnc6c5)cc4)c4ccc(-c5nccc6sc7ccccc7c56)cc4)cc3)ccc2c1. The molecule has 0 spiro atoms. The molecule has 0 bridgehead atoms. The summed E-state index contributed by atoms with van der Waals surface area (Å²) < 4.78 is 2.52. The predicted octanol–water partition coefficient (Wildman–Crippen LogP) is 12.4. The van der Waals surface area contributed by atoms with Crippen LogP contribution in [0.4, 0.5) is 17.1 Å². The van der Waals surface area contributed by atoms with Crippen LogP contribution in [0.3, 0.4) is 0 Å². The van der Waals surface area contributed by atoms with Crippen LogP contribution in [0, 0.1) is 0 Å². The largest absolute Gasteiger partial charge is 0.311 e. The first-order valence-electron chi connectivity index (χ1n) is 17.2. The molecule has 0 N–H and O–H groups in total. The number of pyridine rings is 2. The van der Waals surface area contributed by atoms with Gasteiger partial charge in [-0.15, -0.1) is 11.3 Å². The summed E-state index contributed by atoms with van der Waals surface area (Å²) in [6.45, 7) is 0. The van der Waals surface area contributed by atoms with E-state index in [0.29, 0.717) is 0 Å². The molecule has 0 saturated carbocycles. The molecule has 6 heteroatoms. The number of benzene rings is 6. The normalized spacial score (nSPS) is 11.5. The summed E-state index contributed by atoms with van der Waals surface area (Å²) in [7, 11) is 0. The van der Waals surface area contributed by atoms with E-state index in [4.69, 9.17) is 4.98 Å². The van der Waals surface area contributed by atoms with Crippen LogP contribution >= 0.6 is 11.3 Å². The van der Waals surface area contributed by atoms with Crippen molar-refractivity contribution in [3.05, 3.63) is 176 Å². The third-order valence-electron chi connectivity index (χ3n) is 9.68. The molecule has 4 heterocycles. The summed E-state index contributed by atoms with van der Waals surface area (Å²) in [6.07, 6.45) is 7.23. The molecule has 0 radical (unpaired) electrons. The van der Waals surface area contributed by atoms with Crippen molar-refractivity contribution in [2.24, 2.45) is 0 Å². The monoisotopic (exact) mass is 683 g/mol. The topological polar surface area (TPSA) is 54.8 Å². The van der Waals surface area contributed by atoms with Crippen LogP contribution in [-0.4, -0.2) is 19.9 Å². The van der Waals surface area contributed by atoms with Crippen LogP contribution in [0.1, 0.15) is 0 Å². The van der Waals surface area contributed by atoms with E-state index in [-0.39, 0.29) is 0 Å². The summed E-state index contributed by atoms with van der Waals surface area (Å²) in [5.41, 5.74) is 12.5. The van der Waals surface area contributed by atoms with Gasteiger partial charge in [0.1, 0.15) is 0 Å². The number of aromatic nitrogens is 4. The molecule has 0 saturated heterocycles. The molecule has 0 unspecified atom stereocenters. The van der Waals surface area contributed by atoms with E-state index in [1.165, 1.54) is 20.2 Å². The van der Waals surface area contributed by atoms with Gasteiger partial charge in [0.2, 0.25) is 0 Å². The average Bonchev–Trinajstić information content (AvgIpc) is 3.61. The fraction of sp³-hybridized carbons (Fsp3) is 0. The molecule has 0 aliphatic heterocycles. The molecule has 0 fully saturated rings. The van der Waals surface area contributed by atoms with Gasteiger partial charge in [-0.2, -0.15) is 0 Å². The van der Waals surface area contributed by atoms with Gasteiger partial charge in [0.05, 0.1) is 22.2 Å². The van der Waals surface area contributed by atoms with Gasteiger partial charge in [-0.1, -0.05) is 78.9 Å². The van der Waals surface area contributed by atoms with Crippen LogP contribution in [0.25, 0.3) is 75.6 Å². The number of nitrogens with zero attached hydrogens (tertiary/aromatic N) is 5. The lowest BCUT2D eigenvalue weighted by Crippen LogP contribution is -2.09. The first-order chi connectivity index (χ1) is 25.7. The van der Waals surface area contributed by atoms with E-state index >= 15 is 0 Å². The van der Waals surface area contributed by atoms with Gasteiger partial charge in [0, 0.05) is 73.0 Å². The molecule has 0 aliphatic carbocycles. The highest BCUT2D eigenvalue weighted by atomic mass is 32.1. The highest BCUT2D eigenvalue weighted by Crippen LogP contribution is 2.41. The Morgan fingerprint density at radius 2 is 0.981 bits per heavy atom. The maximum Gasteiger partial charge on any atom is 0.0892 e. The molecule has 6 aromatic carbocycles. The second-order valence-electron chi connectivity index (χ2n) is 12.8. The van der Waals surface area contributed by atoms with E-state index in [1.54, 1.807) is 12.4 Å². The molecule has 4 aromatic heterocycles. The summed E-state index contributed by atoms with van der Waals surface area (Å²) in [5.74, 6) is 0. The standard InChI is InChI=1S/C46H29N5S/c1-2-6-43-39(5-1)45-44(52-43)23-25-50-46(45)33-13-20-38(21-14-33)51(36-16-9-30(10-17-36)34-8-7-32-4-3-24-47-41(32)28-34)37-18-11-31(12-19-37)35-15-22-40-42(29-35)49-27-26-48-40/h1-29H. The van der Waals surface area contributed by atoms with Crippen molar-refractivity contribution >= 4 is 70.5 Å². The van der Waals surface area contributed by atoms with Crippen molar-refractivity contribution in [3.8, 4) is 33.5 Å². The van der Waals surface area contributed by atoms with E-state index in [0.717, 1.165) is 72.5 Å². The minimum atomic E-state index is 0.883. The number of hydrogen-bond donors (Lipinski definition) is 0. The first-order valence-corrected chi connectivity index (χ1v) is 18.0. The summed E-state index contributed by atoms with van der Waals surface area (Å²) >= 11 is 1.81. The van der Waals surface area contributed by atoms with Crippen LogP contribution in [0.15, 0.2) is 176 Å². The first kappa shape index (κ1) is 30.1. The fourth-order valence-corrected chi connectivity index (χ4v) is 8.20. The van der Waals surface area contributed by atoms with Crippen molar-refractivity contribution < 1.29 is 0 Å². The number of fused-ring (bicyclic) bond motifs is 5. The Morgan fingerprint density at radius 1 is 0.385 bits per heavy atom. The second kappa shape index (κ2) is 12.5. The lowest BCUT2D eigenvalue weighted by molar-refractivity contribution is 1.28. The predicted molar refractivity (Wildman–Crippen MR) is 217 cm³/mol. The van der Waals surface area contributed by atoms with Gasteiger partial charge in [0.15, 0.2) is 0 Å². The number of anilines is 3. The molecular formula is C46H29N5S. The second-order valence-corrected chi connectivity index (χ2v) is 13.9. The Morgan fingerprint density at radius 3 is 1.71 bits per heavy atom. The summed E-state index contributed by atoms with van der Waals surface area (Å²) in [6, 6.07) is 53.7. The molecule has 0 amide bonds. The van der Waals surface area contributed by atoms with Crippen LogP contribution in [0.5, 0.6) is 0 Å². The molecule has 52 heavy (non-hydrogen) atoms. The number of thiophene rings is 1. The van der Waals surface area contributed by atoms with Gasteiger partial charge in [0.25, 0.3) is 0 Å². The van der Waals surface area contributed by atoms with Gasteiger partial charge in [-0.25, -0.2) is 0 Å². The molecule has 10 aromatic rings. The highest BCUT2D eigenvalue weighted by Gasteiger charge is 2.16. The Kier molecular flexibility index (Phi) is 7.25. The third kappa shape index (κ3) is 5.34. The van der Waals surface area contributed by atoms with Gasteiger partial charge < -0.3 is 4.90 Å². The minimum Gasteiger partial charge on any atom is -0.311 e. The lowest BCUT2D eigenvalue weighted by atomic mass is 10.0. The van der Waals surface area contributed by atoms with Crippen LogP contribution < -0.4 is 4.90 Å². The molecular weight excluding hydrogens is 655 g/mol. The summed E-state index contributed by atoms with van der Waals surface area (Å²) in [4.78, 5) is 20.7. The Balaban J connectivity index is 1.04. The van der Waals surface area contributed by atoms with Gasteiger partial charge in [-0.05, 0) is 95.1 Å². The van der Waals surface area contributed by atoms with E-state index < -0.39 is 0 Å². The zero-order chi connectivity index (χ0) is 34.4. The fourth-order valence-electron chi connectivity index (χ4n) is 7.10. The highest BCUT2D eigenvalue weighted by molar-refractivity contribution is 7.25. The van der Waals surface area contributed by atoms with E-state index in [1.807, 2.05) is 35.9 Å². The van der Waals surface area contributed by atoms with Crippen molar-refractivity contribution in [2.75, 3.05) is 4.90 Å². The van der Waals surface area contributed by atoms with Crippen LogP contribution in [0.2, 0.25) is 0 Å². The van der Waals surface area contributed by atoms with Crippen molar-refractivity contribution in [1.82, 2.24) is 19.9 Å². The van der Waals surface area contributed by atoms with E-state index in [9.17, 15) is 0 Å². The van der Waals surface area contributed by atoms with Crippen molar-refractivity contribution in [1.29, 1.82) is 0 Å².